The van der Waals surface area contributed by atoms with E-state index in [0.29, 0.717) is 10.6 Å². The minimum absolute atomic E-state index is 0.339. The molecule has 0 atom stereocenters. The van der Waals surface area contributed by atoms with E-state index in [1.807, 2.05) is 54.1 Å². The molecule has 0 spiro atoms. The van der Waals surface area contributed by atoms with E-state index in [9.17, 15) is 4.79 Å². The summed E-state index contributed by atoms with van der Waals surface area (Å²) in [4.78, 5) is 11.9. The molecule has 2 aromatic carbocycles. The van der Waals surface area contributed by atoms with Crippen molar-refractivity contribution in [3.05, 3.63) is 59.1 Å². The maximum atomic E-state index is 11.9. The van der Waals surface area contributed by atoms with Crippen molar-refractivity contribution in [3.63, 3.8) is 0 Å². The molecule has 3 nitrogen and oxygen atoms in total. The number of fused-ring (bicyclic) bond motifs is 1. The minimum atomic E-state index is -0.339. The average Bonchev–Trinajstić information content (AvgIpc) is 2.82. The van der Waals surface area contributed by atoms with Crippen LogP contribution in [0.3, 0.4) is 0 Å². The molecule has 0 N–H and O–H groups in total. The van der Waals surface area contributed by atoms with Crippen LogP contribution in [-0.2, 0) is 11.8 Å². The molecular formula is C17H14ClNO2. The monoisotopic (exact) mass is 299 g/mol. The van der Waals surface area contributed by atoms with Crippen LogP contribution < -0.4 is 0 Å². The fourth-order valence-corrected chi connectivity index (χ4v) is 2.75. The van der Waals surface area contributed by atoms with Gasteiger partial charge in [-0.15, -0.1) is 0 Å². The van der Waals surface area contributed by atoms with Gasteiger partial charge in [0.2, 0.25) is 0 Å². The number of rotatable bonds is 2. The summed E-state index contributed by atoms with van der Waals surface area (Å²) in [5, 5.41) is 1.74. The lowest BCUT2D eigenvalue weighted by Gasteiger charge is -2.09. The Morgan fingerprint density at radius 1 is 1.14 bits per heavy atom. The van der Waals surface area contributed by atoms with Crippen LogP contribution in [-0.4, -0.2) is 17.6 Å². The number of aryl methyl sites for hydroxylation is 1. The SMILES string of the molecule is COC(=O)c1ccccc1-c1cc2cc(Cl)ccc2n1C. The highest BCUT2D eigenvalue weighted by atomic mass is 35.5. The largest absolute Gasteiger partial charge is 0.465 e. The lowest BCUT2D eigenvalue weighted by Crippen LogP contribution is -2.04. The molecule has 0 radical (unpaired) electrons. The van der Waals surface area contributed by atoms with Crippen LogP contribution in [0.15, 0.2) is 48.5 Å². The molecule has 1 aromatic heterocycles. The van der Waals surface area contributed by atoms with Crippen molar-refractivity contribution in [1.29, 1.82) is 0 Å². The van der Waals surface area contributed by atoms with Crippen molar-refractivity contribution in [3.8, 4) is 11.3 Å². The molecule has 0 aliphatic heterocycles. The summed E-state index contributed by atoms with van der Waals surface area (Å²) in [6, 6.07) is 15.2. The number of hydrogen-bond donors (Lipinski definition) is 0. The topological polar surface area (TPSA) is 31.2 Å². The lowest BCUT2D eigenvalue weighted by molar-refractivity contribution is 0.0601. The Balaban J connectivity index is 2.26. The number of benzene rings is 2. The molecule has 3 rings (SSSR count). The van der Waals surface area contributed by atoms with Crippen molar-refractivity contribution in [2.75, 3.05) is 7.11 Å². The van der Waals surface area contributed by atoms with Crippen LogP contribution in [0.4, 0.5) is 0 Å². The standard InChI is InChI=1S/C17H14ClNO2/c1-19-15-8-7-12(18)9-11(15)10-16(19)13-5-3-4-6-14(13)17(20)21-2/h3-10H,1-2H3. The summed E-state index contributed by atoms with van der Waals surface area (Å²) in [6.07, 6.45) is 0. The zero-order chi connectivity index (χ0) is 15.0. The van der Waals surface area contributed by atoms with Gasteiger partial charge in [0.25, 0.3) is 0 Å². The van der Waals surface area contributed by atoms with Gasteiger partial charge in [0.05, 0.1) is 12.7 Å². The second kappa shape index (κ2) is 5.26. The Labute approximate surface area is 127 Å². The van der Waals surface area contributed by atoms with Gasteiger partial charge in [-0.05, 0) is 30.3 Å². The summed E-state index contributed by atoms with van der Waals surface area (Å²) in [7, 11) is 3.36. The summed E-state index contributed by atoms with van der Waals surface area (Å²) in [5.41, 5.74) is 3.42. The lowest BCUT2D eigenvalue weighted by atomic mass is 10.0. The highest BCUT2D eigenvalue weighted by Gasteiger charge is 2.16. The molecule has 0 aliphatic rings. The highest BCUT2D eigenvalue weighted by Crippen LogP contribution is 2.31. The molecule has 4 heteroatoms. The molecule has 0 amide bonds. The first-order valence-corrected chi connectivity index (χ1v) is 6.92. The van der Waals surface area contributed by atoms with E-state index < -0.39 is 0 Å². The van der Waals surface area contributed by atoms with Gasteiger partial charge >= 0.3 is 5.97 Å². The molecule has 0 saturated heterocycles. The number of ether oxygens (including phenoxy) is 1. The smallest absolute Gasteiger partial charge is 0.338 e. The Morgan fingerprint density at radius 2 is 1.90 bits per heavy atom. The molecule has 3 aromatic rings. The highest BCUT2D eigenvalue weighted by molar-refractivity contribution is 6.31. The van der Waals surface area contributed by atoms with Gasteiger partial charge in [0.15, 0.2) is 0 Å². The quantitative estimate of drug-likeness (QED) is 0.661. The molecule has 21 heavy (non-hydrogen) atoms. The first-order valence-electron chi connectivity index (χ1n) is 6.54. The van der Waals surface area contributed by atoms with Gasteiger partial charge in [-0.2, -0.15) is 0 Å². The number of aromatic nitrogens is 1. The van der Waals surface area contributed by atoms with Gasteiger partial charge < -0.3 is 9.30 Å². The second-order valence-corrected chi connectivity index (χ2v) is 5.27. The van der Waals surface area contributed by atoms with Crippen LogP contribution in [0.1, 0.15) is 10.4 Å². The van der Waals surface area contributed by atoms with Crippen LogP contribution in [0.25, 0.3) is 22.2 Å². The number of nitrogens with zero attached hydrogens (tertiary/aromatic N) is 1. The first kappa shape index (κ1) is 13.7. The predicted molar refractivity (Wildman–Crippen MR) is 84.7 cm³/mol. The Morgan fingerprint density at radius 3 is 2.67 bits per heavy atom. The Bertz CT molecular complexity index is 836. The van der Waals surface area contributed by atoms with E-state index in [-0.39, 0.29) is 5.97 Å². The third kappa shape index (κ3) is 2.30. The number of carbonyl (C=O) groups excluding carboxylic acids is 1. The molecule has 0 saturated carbocycles. The molecular weight excluding hydrogens is 286 g/mol. The molecule has 0 fully saturated rings. The Hall–Kier alpha value is -2.26. The summed E-state index contributed by atoms with van der Waals surface area (Å²) >= 11 is 6.05. The van der Waals surface area contributed by atoms with Crippen LogP contribution in [0, 0.1) is 0 Å². The molecule has 0 unspecified atom stereocenters. The van der Waals surface area contributed by atoms with E-state index in [4.69, 9.17) is 16.3 Å². The van der Waals surface area contributed by atoms with Crippen molar-refractivity contribution in [2.24, 2.45) is 7.05 Å². The summed E-state index contributed by atoms with van der Waals surface area (Å²) in [6.45, 7) is 0. The number of halogens is 1. The van der Waals surface area contributed by atoms with E-state index in [1.165, 1.54) is 7.11 Å². The minimum Gasteiger partial charge on any atom is -0.465 e. The number of hydrogen-bond acceptors (Lipinski definition) is 2. The maximum absolute atomic E-state index is 11.9. The van der Waals surface area contributed by atoms with Crippen molar-refractivity contribution in [1.82, 2.24) is 4.57 Å². The predicted octanol–water partition coefficient (Wildman–Crippen LogP) is 4.29. The number of methoxy groups -OCH3 is 1. The molecule has 0 aliphatic carbocycles. The zero-order valence-corrected chi connectivity index (χ0v) is 12.5. The van der Waals surface area contributed by atoms with E-state index in [1.54, 1.807) is 6.07 Å². The van der Waals surface area contributed by atoms with E-state index >= 15 is 0 Å². The van der Waals surface area contributed by atoms with Crippen molar-refractivity contribution in [2.45, 2.75) is 0 Å². The Kier molecular flexibility index (Phi) is 3.43. The summed E-state index contributed by atoms with van der Waals surface area (Å²) in [5.74, 6) is -0.339. The van der Waals surface area contributed by atoms with Gasteiger partial charge in [-0.3, -0.25) is 0 Å². The van der Waals surface area contributed by atoms with Gasteiger partial charge in [-0.1, -0.05) is 29.8 Å². The molecule has 0 bridgehead atoms. The van der Waals surface area contributed by atoms with Crippen molar-refractivity contribution >= 4 is 28.5 Å². The van der Waals surface area contributed by atoms with Gasteiger partial charge in [0, 0.05) is 34.2 Å². The third-order valence-electron chi connectivity index (χ3n) is 3.61. The zero-order valence-electron chi connectivity index (χ0n) is 11.8. The fourth-order valence-electron chi connectivity index (χ4n) is 2.57. The second-order valence-electron chi connectivity index (χ2n) is 4.83. The van der Waals surface area contributed by atoms with Crippen LogP contribution in [0.5, 0.6) is 0 Å². The van der Waals surface area contributed by atoms with Crippen LogP contribution in [0.2, 0.25) is 5.02 Å². The molecule has 1 heterocycles. The molecule has 106 valence electrons. The first-order chi connectivity index (χ1) is 10.1. The number of esters is 1. The third-order valence-corrected chi connectivity index (χ3v) is 3.85. The number of carbonyl (C=O) groups is 1. The summed E-state index contributed by atoms with van der Waals surface area (Å²) < 4.78 is 6.91. The normalized spacial score (nSPS) is 10.8. The average molecular weight is 300 g/mol. The van der Waals surface area contributed by atoms with Gasteiger partial charge in [-0.25, -0.2) is 4.79 Å². The fraction of sp³-hybridized carbons (Fsp3) is 0.118. The van der Waals surface area contributed by atoms with Crippen molar-refractivity contribution < 1.29 is 9.53 Å². The van der Waals surface area contributed by atoms with Crippen LogP contribution >= 0.6 is 11.6 Å². The van der Waals surface area contributed by atoms with E-state index in [0.717, 1.165) is 22.2 Å². The van der Waals surface area contributed by atoms with Gasteiger partial charge in [0.1, 0.15) is 0 Å². The van der Waals surface area contributed by atoms with E-state index in [2.05, 4.69) is 0 Å². The maximum Gasteiger partial charge on any atom is 0.338 e.